The average molecular weight is 703 g/mol. The summed E-state index contributed by atoms with van der Waals surface area (Å²) in [5.41, 5.74) is 15.0. The Kier molecular flexibility index (Phi) is 6.99. The summed E-state index contributed by atoms with van der Waals surface area (Å²) in [5.74, 6) is 0.699. The first-order valence-corrected chi connectivity index (χ1v) is 18.8. The Morgan fingerprint density at radius 1 is 0.418 bits per heavy atom. The van der Waals surface area contributed by atoms with Crippen LogP contribution in [0.4, 0.5) is 0 Å². The molecule has 0 radical (unpaired) electrons. The minimum atomic E-state index is -0.310. The van der Waals surface area contributed by atoms with Crippen LogP contribution >= 0.6 is 0 Å². The van der Waals surface area contributed by atoms with E-state index < -0.39 is 0 Å². The monoisotopic (exact) mass is 702 g/mol. The topological polar surface area (TPSA) is 38.9 Å². The van der Waals surface area contributed by atoms with Crippen molar-refractivity contribution in [3.05, 3.63) is 205 Å². The molecule has 0 aliphatic heterocycles. The number of hydrogen-bond acceptors (Lipinski definition) is 3. The summed E-state index contributed by atoms with van der Waals surface area (Å²) in [5, 5.41) is 4.58. The molecule has 1 aliphatic carbocycles. The van der Waals surface area contributed by atoms with Gasteiger partial charge in [-0.2, -0.15) is 0 Å². The lowest BCUT2D eigenvalue weighted by Crippen LogP contribution is -2.22. The zero-order valence-corrected chi connectivity index (χ0v) is 30.2. The molecule has 2 aromatic heterocycles. The second kappa shape index (κ2) is 12.2. The molecule has 0 amide bonds. The molecule has 55 heavy (non-hydrogen) atoms. The Labute approximate surface area is 319 Å². The molecule has 3 heteroatoms. The van der Waals surface area contributed by atoms with Crippen LogP contribution in [0.25, 0.3) is 88.9 Å². The third-order valence-electron chi connectivity index (χ3n) is 11.6. The first kappa shape index (κ1) is 31.4. The van der Waals surface area contributed by atoms with Gasteiger partial charge in [0.25, 0.3) is 0 Å². The Morgan fingerprint density at radius 3 is 2.02 bits per heavy atom. The molecule has 1 atom stereocenters. The number of para-hydroxylation sites is 1. The van der Waals surface area contributed by atoms with Crippen molar-refractivity contribution in [2.24, 2.45) is 0 Å². The van der Waals surface area contributed by atoms with Crippen LogP contribution < -0.4 is 0 Å². The standard InChI is InChI=1S/C52H34N2O/c1-52(39-17-3-2-4-18-39)44-22-9-7-20-41(44)50-42(21-12-23-45(50)52)47-32-46(53-51(54-47)38-26-25-33-13-5-6-14-34(33)30-38)37-16-11-15-35(29-37)36-27-28-49-43(31-36)40-19-8-10-24-48(40)55-49/h2-32H,1H3. The molecule has 11 rings (SSSR count). The van der Waals surface area contributed by atoms with Crippen molar-refractivity contribution in [1.29, 1.82) is 0 Å². The van der Waals surface area contributed by atoms with Crippen LogP contribution in [0.3, 0.4) is 0 Å². The van der Waals surface area contributed by atoms with Crippen molar-refractivity contribution < 1.29 is 4.42 Å². The second-order valence-electron chi connectivity index (χ2n) is 14.7. The Hall–Kier alpha value is -7.10. The quantitative estimate of drug-likeness (QED) is 0.179. The van der Waals surface area contributed by atoms with Gasteiger partial charge in [0.2, 0.25) is 0 Å². The molecule has 0 N–H and O–H groups in total. The van der Waals surface area contributed by atoms with Gasteiger partial charge in [-0.1, -0.05) is 152 Å². The van der Waals surface area contributed by atoms with E-state index in [9.17, 15) is 0 Å². The molecule has 10 aromatic rings. The zero-order valence-electron chi connectivity index (χ0n) is 30.2. The van der Waals surface area contributed by atoms with Crippen LogP contribution in [0.5, 0.6) is 0 Å². The maximum absolute atomic E-state index is 6.15. The highest BCUT2D eigenvalue weighted by atomic mass is 16.3. The molecule has 1 aliphatic rings. The fourth-order valence-electron chi connectivity index (χ4n) is 8.79. The lowest BCUT2D eigenvalue weighted by atomic mass is 9.74. The van der Waals surface area contributed by atoms with E-state index in [2.05, 4.69) is 183 Å². The first-order chi connectivity index (χ1) is 27.1. The van der Waals surface area contributed by atoms with Crippen LogP contribution in [0.1, 0.15) is 23.6 Å². The van der Waals surface area contributed by atoms with Crippen molar-refractivity contribution in [2.45, 2.75) is 12.3 Å². The van der Waals surface area contributed by atoms with Gasteiger partial charge in [-0.3, -0.25) is 0 Å². The normalized spacial score (nSPS) is 14.7. The van der Waals surface area contributed by atoms with E-state index in [0.717, 1.165) is 66.5 Å². The van der Waals surface area contributed by atoms with Gasteiger partial charge in [0.05, 0.1) is 11.4 Å². The average Bonchev–Trinajstić information content (AvgIpc) is 3.76. The number of aromatic nitrogens is 2. The van der Waals surface area contributed by atoms with Crippen LogP contribution in [-0.4, -0.2) is 9.97 Å². The van der Waals surface area contributed by atoms with Gasteiger partial charge in [0.1, 0.15) is 11.2 Å². The molecule has 2 heterocycles. The molecule has 0 spiro atoms. The number of benzene rings is 8. The summed E-state index contributed by atoms with van der Waals surface area (Å²) in [6.07, 6.45) is 0. The summed E-state index contributed by atoms with van der Waals surface area (Å²) in [6.45, 7) is 2.36. The number of furan rings is 1. The predicted octanol–water partition coefficient (Wildman–Crippen LogP) is 13.5. The highest BCUT2D eigenvalue weighted by Gasteiger charge is 2.41. The largest absolute Gasteiger partial charge is 0.456 e. The molecule has 0 fully saturated rings. The van der Waals surface area contributed by atoms with Crippen molar-refractivity contribution in [2.75, 3.05) is 0 Å². The number of fused-ring (bicyclic) bond motifs is 7. The minimum absolute atomic E-state index is 0.310. The van der Waals surface area contributed by atoms with E-state index in [1.165, 1.54) is 33.2 Å². The van der Waals surface area contributed by atoms with Crippen molar-refractivity contribution in [1.82, 2.24) is 9.97 Å². The Balaban J connectivity index is 1.11. The van der Waals surface area contributed by atoms with Gasteiger partial charge in [0, 0.05) is 32.9 Å². The third kappa shape index (κ3) is 4.97. The molecular weight excluding hydrogens is 669 g/mol. The fourth-order valence-corrected chi connectivity index (χ4v) is 8.79. The summed E-state index contributed by atoms with van der Waals surface area (Å²) in [4.78, 5) is 10.7. The first-order valence-electron chi connectivity index (χ1n) is 18.8. The number of rotatable bonds is 5. The molecule has 0 bridgehead atoms. The van der Waals surface area contributed by atoms with E-state index >= 15 is 0 Å². The van der Waals surface area contributed by atoms with Crippen molar-refractivity contribution in [3.8, 4) is 56.2 Å². The number of nitrogens with zero attached hydrogens (tertiary/aromatic N) is 2. The van der Waals surface area contributed by atoms with Gasteiger partial charge in [-0.05, 0) is 93.0 Å². The molecule has 1 unspecified atom stereocenters. The minimum Gasteiger partial charge on any atom is -0.456 e. The van der Waals surface area contributed by atoms with E-state index in [1.807, 2.05) is 12.1 Å². The fraction of sp³-hybridized carbons (Fsp3) is 0.0385. The van der Waals surface area contributed by atoms with E-state index in [0.29, 0.717) is 5.82 Å². The zero-order chi connectivity index (χ0) is 36.5. The van der Waals surface area contributed by atoms with E-state index in [4.69, 9.17) is 14.4 Å². The molecule has 258 valence electrons. The third-order valence-corrected chi connectivity index (χ3v) is 11.6. The highest BCUT2D eigenvalue weighted by Crippen LogP contribution is 2.55. The lowest BCUT2D eigenvalue weighted by molar-refractivity contribution is 0.669. The van der Waals surface area contributed by atoms with Gasteiger partial charge >= 0.3 is 0 Å². The summed E-state index contributed by atoms with van der Waals surface area (Å²) in [7, 11) is 0. The molecule has 3 nitrogen and oxygen atoms in total. The Bertz CT molecular complexity index is 3120. The second-order valence-corrected chi connectivity index (χ2v) is 14.7. The van der Waals surface area contributed by atoms with Crippen molar-refractivity contribution >= 4 is 32.7 Å². The van der Waals surface area contributed by atoms with Crippen molar-refractivity contribution in [3.63, 3.8) is 0 Å². The maximum atomic E-state index is 6.15. The molecule has 0 saturated heterocycles. The van der Waals surface area contributed by atoms with Crippen LogP contribution in [0, 0.1) is 0 Å². The van der Waals surface area contributed by atoms with Crippen LogP contribution in [0.2, 0.25) is 0 Å². The summed E-state index contributed by atoms with van der Waals surface area (Å²) >= 11 is 0. The van der Waals surface area contributed by atoms with Crippen LogP contribution in [-0.2, 0) is 5.41 Å². The summed E-state index contributed by atoms with van der Waals surface area (Å²) < 4.78 is 6.15. The lowest BCUT2D eigenvalue weighted by Gasteiger charge is -2.28. The Morgan fingerprint density at radius 2 is 1.09 bits per heavy atom. The summed E-state index contributed by atoms with van der Waals surface area (Å²) in [6, 6.07) is 67.0. The van der Waals surface area contributed by atoms with Gasteiger partial charge in [-0.15, -0.1) is 0 Å². The smallest absolute Gasteiger partial charge is 0.160 e. The van der Waals surface area contributed by atoms with E-state index in [1.54, 1.807) is 0 Å². The van der Waals surface area contributed by atoms with E-state index in [-0.39, 0.29) is 5.41 Å². The predicted molar refractivity (Wildman–Crippen MR) is 226 cm³/mol. The maximum Gasteiger partial charge on any atom is 0.160 e. The van der Waals surface area contributed by atoms with Gasteiger partial charge in [-0.25, -0.2) is 9.97 Å². The molecular formula is C52H34N2O. The SMILES string of the molecule is CC1(c2ccccc2)c2ccccc2-c2c(-c3cc(-c4cccc(-c5ccc6oc7ccccc7c6c5)c4)nc(-c4ccc5ccccc5c4)n3)cccc21. The van der Waals surface area contributed by atoms with Crippen LogP contribution in [0.15, 0.2) is 192 Å². The van der Waals surface area contributed by atoms with Gasteiger partial charge in [0.15, 0.2) is 5.82 Å². The highest BCUT2D eigenvalue weighted by molar-refractivity contribution is 6.06. The molecule has 8 aromatic carbocycles. The van der Waals surface area contributed by atoms with Gasteiger partial charge < -0.3 is 4.42 Å². The number of hydrogen-bond donors (Lipinski definition) is 0. The molecule has 0 saturated carbocycles.